The van der Waals surface area contributed by atoms with Gasteiger partial charge in [-0.3, -0.25) is 10.1 Å². The first-order chi connectivity index (χ1) is 8.64. The molecule has 3 fully saturated rings. The predicted octanol–water partition coefficient (Wildman–Crippen LogP) is 2.08. The number of carbonyl (C=O) groups is 1. The molecule has 3 rings (SSSR count). The van der Waals surface area contributed by atoms with Crippen molar-refractivity contribution in [2.45, 2.75) is 75.0 Å². The monoisotopic (exact) mass is 253 g/mol. The molecule has 1 unspecified atom stereocenters. The Balaban J connectivity index is 1.49. The van der Waals surface area contributed by atoms with E-state index in [1.54, 1.807) is 0 Å². The summed E-state index contributed by atoms with van der Waals surface area (Å²) in [6.07, 6.45) is 10.3. The van der Waals surface area contributed by atoms with Crippen LogP contribution in [0.5, 0.6) is 0 Å². The van der Waals surface area contributed by atoms with Gasteiger partial charge in [-0.1, -0.05) is 19.3 Å². The lowest BCUT2D eigenvalue weighted by Gasteiger charge is -2.33. The van der Waals surface area contributed by atoms with Crippen molar-refractivity contribution in [1.82, 2.24) is 5.32 Å². The highest BCUT2D eigenvalue weighted by Crippen LogP contribution is 2.42. The van der Waals surface area contributed by atoms with E-state index in [1.165, 1.54) is 38.5 Å². The second kappa shape index (κ2) is 4.49. The quantitative estimate of drug-likeness (QED) is 0.805. The molecule has 3 aliphatic rings. The van der Waals surface area contributed by atoms with Crippen LogP contribution in [0.3, 0.4) is 0 Å². The molecule has 1 spiro atoms. The molecule has 0 aromatic heterocycles. The van der Waals surface area contributed by atoms with Crippen LogP contribution in [0.4, 0.5) is 0 Å². The second-order valence-corrected chi connectivity index (χ2v) is 6.29. The van der Waals surface area contributed by atoms with Gasteiger partial charge >= 0.3 is 5.97 Å². The van der Waals surface area contributed by atoms with Gasteiger partial charge in [0.05, 0.1) is 11.7 Å². The first kappa shape index (κ1) is 12.4. The molecule has 2 N–H and O–H groups in total. The van der Waals surface area contributed by atoms with Crippen LogP contribution in [0.1, 0.15) is 57.8 Å². The fourth-order valence-corrected chi connectivity index (χ4v) is 3.50. The Morgan fingerprint density at radius 3 is 2.50 bits per heavy atom. The molecular weight excluding hydrogens is 230 g/mol. The number of hydrogen-bond donors (Lipinski definition) is 2. The highest BCUT2D eigenvalue weighted by Gasteiger charge is 2.51. The van der Waals surface area contributed by atoms with E-state index in [4.69, 9.17) is 9.84 Å². The molecule has 4 heteroatoms. The minimum absolute atomic E-state index is 0.143. The first-order valence-electron chi connectivity index (χ1n) is 7.31. The summed E-state index contributed by atoms with van der Waals surface area (Å²) in [4.78, 5) is 11.1. The normalized spacial score (nSPS) is 32.6. The molecule has 2 saturated carbocycles. The number of carboxylic acids is 1. The van der Waals surface area contributed by atoms with Gasteiger partial charge in [0, 0.05) is 6.54 Å². The Morgan fingerprint density at radius 2 is 1.89 bits per heavy atom. The Morgan fingerprint density at radius 1 is 1.17 bits per heavy atom. The fourth-order valence-electron chi connectivity index (χ4n) is 3.50. The highest BCUT2D eigenvalue weighted by molar-refractivity contribution is 5.82. The van der Waals surface area contributed by atoms with Gasteiger partial charge in [-0.2, -0.15) is 0 Å². The lowest BCUT2D eigenvalue weighted by molar-refractivity contribution is -0.141. The molecule has 18 heavy (non-hydrogen) atoms. The van der Waals surface area contributed by atoms with E-state index < -0.39 is 11.5 Å². The summed E-state index contributed by atoms with van der Waals surface area (Å²) in [5, 5.41) is 12.3. The van der Waals surface area contributed by atoms with Crippen LogP contribution in [0, 0.1) is 0 Å². The molecule has 0 amide bonds. The maximum absolute atomic E-state index is 11.1. The van der Waals surface area contributed by atoms with Gasteiger partial charge in [0.25, 0.3) is 0 Å². The van der Waals surface area contributed by atoms with Gasteiger partial charge in [0.2, 0.25) is 0 Å². The zero-order chi connectivity index (χ0) is 12.6. The molecule has 0 aromatic rings. The van der Waals surface area contributed by atoms with Crippen LogP contribution >= 0.6 is 0 Å². The minimum Gasteiger partial charge on any atom is -0.480 e. The van der Waals surface area contributed by atoms with Gasteiger partial charge in [-0.05, 0) is 38.5 Å². The summed E-state index contributed by atoms with van der Waals surface area (Å²) >= 11 is 0. The second-order valence-electron chi connectivity index (χ2n) is 6.29. The minimum atomic E-state index is -0.701. The molecule has 0 bridgehead atoms. The molecule has 1 saturated heterocycles. The first-order valence-corrected chi connectivity index (χ1v) is 7.31. The molecular formula is C14H23NO3. The summed E-state index contributed by atoms with van der Waals surface area (Å²) in [5.41, 5.74) is -0.476. The van der Waals surface area contributed by atoms with E-state index >= 15 is 0 Å². The third kappa shape index (κ3) is 2.28. The largest absolute Gasteiger partial charge is 0.480 e. The molecule has 1 heterocycles. The van der Waals surface area contributed by atoms with E-state index in [0.717, 1.165) is 19.3 Å². The summed E-state index contributed by atoms with van der Waals surface area (Å²) in [5.74, 6) is -0.701. The SMILES string of the molecule is O=C(O)C1(NCC2CCC3(CCCCC3)O2)CC1. The zero-order valence-electron chi connectivity index (χ0n) is 10.9. The third-order valence-electron chi connectivity index (χ3n) is 4.93. The summed E-state index contributed by atoms with van der Waals surface area (Å²) in [7, 11) is 0. The van der Waals surface area contributed by atoms with Crippen LogP contribution in [0.2, 0.25) is 0 Å². The summed E-state index contributed by atoms with van der Waals surface area (Å²) < 4.78 is 6.24. The number of aliphatic carboxylic acids is 1. The van der Waals surface area contributed by atoms with Crippen molar-refractivity contribution < 1.29 is 14.6 Å². The van der Waals surface area contributed by atoms with Gasteiger partial charge < -0.3 is 9.84 Å². The number of rotatable bonds is 4. The summed E-state index contributed by atoms with van der Waals surface area (Å²) in [6, 6.07) is 0. The molecule has 1 aliphatic heterocycles. The van der Waals surface area contributed by atoms with Crippen LogP contribution in [0.15, 0.2) is 0 Å². The summed E-state index contributed by atoms with van der Waals surface area (Å²) in [6.45, 7) is 0.702. The van der Waals surface area contributed by atoms with E-state index in [9.17, 15) is 4.79 Å². The van der Waals surface area contributed by atoms with Gasteiger partial charge in [0.15, 0.2) is 0 Å². The standard InChI is InChI=1S/C14H23NO3/c16-12(17)14(8-9-14)15-10-11-4-7-13(18-11)5-2-1-3-6-13/h11,15H,1-10H2,(H,16,17). The Bertz CT molecular complexity index is 332. The van der Waals surface area contributed by atoms with E-state index in [-0.39, 0.29) is 11.7 Å². The van der Waals surface area contributed by atoms with Crippen molar-refractivity contribution in [1.29, 1.82) is 0 Å². The van der Waals surface area contributed by atoms with Crippen LogP contribution in [-0.4, -0.2) is 34.9 Å². The number of ether oxygens (including phenoxy) is 1. The maximum atomic E-state index is 11.1. The van der Waals surface area contributed by atoms with E-state index in [1.807, 2.05) is 0 Å². The number of nitrogens with one attached hydrogen (secondary N) is 1. The van der Waals surface area contributed by atoms with Crippen LogP contribution in [-0.2, 0) is 9.53 Å². The lowest BCUT2D eigenvalue weighted by atomic mass is 9.83. The average molecular weight is 253 g/mol. The third-order valence-corrected chi connectivity index (χ3v) is 4.93. The number of carboxylic acid groups (broad SMARTS) is 1. The molecule has 0 radical (unpaired) electrons. The van der Waals surface area contributed by atoms with Gasteiger partial charge in [0.1, 0.15) is 5.54 Å². The van der Waals surface area contributed by atoms with Crippen molar-refractivity contribution in [2.24, 2.45) is 0 Å². The Kier molecular flexibility index (Phi) is 3.10. The molecule has 1 atom stereocenters. The zero-order valence-corrected chi connectivity index (χ0v) is 10.9. The molecule has 102 valence electrons. The Hall–Kier alpha value is -0.610. The average Bonchev–Trinajstić information content (AvgIpc) is 3.08. The van der Waals surface area contributed by atoms with Crippen LogP contribution < -0.4 is 5.32 Å². The lowest BCUT2D eigenvalue weighted by Crippen LogP contribution is -2.43. The topological polar surface area (TPSA) is 58.6 Å². The van der Waals surface area contributed by atoms with Gasteiger partial charge in [-0.25, -0.2) is 0 Å². The van der Waals surface area contributed by atoms with E-state index in [0.29, 0.717) is 6.54 Å². The molecule has 4 nitrogen and oxygen atoms in total. The molecule has 0 aromatic carbocycles. The van der Waals surface area contributed by atoms with Crippen molar-refractivity contribution in [2.75, 3.05) is 6.54 Å². The molecule has 2 aliphatic carbocycles. The van der Waals surface area contributed by atoms with Crippen molar-refractivity contribution >= 4 is 5.97 Å². The van der Waals surface area contributed by atoms with Gasteiger partial charge in [-0.15, -0.1) is 0 Å². The van der Waals surface area contributed by atoms with E-state index in [2.05, 4.69) is 5.32 Å². The number of hydrogen-bond acceptors (Lipinski definition) is 3. The van der Waals surface area contributed by atoms with Crippen molar-refractivity contribution in [3.05, 3.63) is 0 Å². The highest BCUT2D eigenvalue weighted by atomic mass is 16.5. The maximum Gasteiger partial charge on any atom is 0.323 e. The van der Waals surface area contributed by atoms with Crippen LogP contribution in [0.25, 0.3) is 0 Å². The Labute approximate surface area is 108 Å². The predicted molar refractivity (Wildman–Crippen MR) is 67.5 cm³/mol. The van der Waals surface area contributed by atoms with Crippen molar-refractivity contribution in [3.8, 4) is 0 Å². The fraction of sp³-hybridized carbons (Fsp3) is 0.929. The smallest absolute Gasteiger partial charge is 0.323 e. The van der Waals surface area contributed by atoms with Crippen molar-refractivity contribution in [3.63, 3.8) is 0 Å².